The quantitative estimate of drug-likeness (QED) is 0.528. The lowest BCUT2D eigenvalue weighted by Crippen LogP contribution is -2.56. The van der Waals surface area contributed by atoms with Crippen molar-refractivity contribution in [3.63, 3.8) is 0 Å². The number of nitrogens with zero attached hydrogens (tertiary/aromatic N) is 2. The molecular formula is C22H33N3O3S. The van der Waals surface area contributed by atoms with Gasteiger partial charge in [0.25, 0.3) is 5.91 Å². The van der Waals surface area contributed by atoms with Crippen LogP contribution in [-0.2, 0) is 14.6 Å². The van der Waals surface area contributed by atoms with E-state index in [-0.39, 0.29) is 40.5 Å². The third-order valence-electron chi connectivity index (χ3n) is 8.05. The Morgan fingerprint density at radius 2 is 1.83 bits per heavy atom. The second kappa shape index (κ2) is 7.61. The number of hydrogen-bond donors (Lipinski definition) is 1. The summed E-state index contributed by atoms with van der Waals surface area (Å²) >= 11 is 0. The molecule has 1 heterocycles. The number of nitrogens with one attached hydrogen (secondary N) is 1. The summed E-state index contributed by atoms with van der Waals surface area (Å²) in [4.78, 5) is 14.8. The Balaban J connectivity index is 1.45. The number of rotatable bonds is 6. The van der Waals surface area contributed by atoms with E-state index in [4.69, 9.17) is 0 Å². The Labute approximate surface area is 174 Å². The molecule has 1 saturated heterocycles. The summed E-state index contributed by atoms with van der Waals surface area (Å²) in [5.41, 5.74) is 0.266. The second-order valence-corrected chi connectivity index (χ2v) is 12.2. The van der Waals surface area contributed by atoms with Gasteiger partial charge in [0.15, 0.2) is 9.84 Å². The molecule has 2 atom stereocenters. The summed E-state index contributed by atoms with van der Waals surface area (Å²) in [5.74, 6) is 2.39. The van der Waals surface area contributed by atoms with Gasteiger partial charge in [0.2, 0.25) is 0 Å². The molecule has 29 heavy (non-hydrogen) atoms. The molecule has 0 aromatic carbocycles. The predicted octanol–water partition coefficient (Wildman–Crippen LogP) is 2.62. The molecule has 5 fully saturated rings. The average Bonchev–Trinajstić information content (AvgIpc) is 3.01. The zero-order valence-corrected chi connectivity index (χ0v) is 18.4. The monoisotopic (exact) mass is 419 g/mol. The van der Waals surface area contributed by atoms with Gasteiger partial charge in [-0.25, -0.2) is 8.42 Å². The van der Waals surface area contributed by atoms with E-state index in [1.165, 1.54) is 38.5 Å². The highest BCUT2D eigenvalue weighted by Crippen LogP contribution is 2.61. The molecule has 2 unspecified atom stereocenters. The van der Waals surface area contributed by atoms with Crippen molar-refractivity contribution in [3.05, 3.63) is 11.8 Å². The van der Waals surface area contributed by atoms with Gasteiger partial charge in [-0.05, 0) is 82.0 Å². The van der Waals surface area contributed by atoms with E-state index in [0.29, 0.717) is 13.0 Å². The van der Waals surface area contributed by atoms with Crippen LogP contribution in [0.5, 0.6) is 0 Å². The number of hydrogen-bond acceptors (Lipinski definition) is 5. The number of carbonyl (C=O) groups excluding carboxylic acids is 1. The molecule has 1 amide bonds. The molecule has 1 N–H and O–H groups in total. The minimum absolute atomic E-state index is 0.0575. The summed E-state index contributed by atoms with van der Waals surface area (Å²) in [6.45, 7) is 4.61. The number of sulfone groups is 1. The topological polar surface area (TPSA) is 90.3 Å². The molecule has 7 heteroatoms. The van der Waals surface area contributed by atoms with Crippen molar-refractivity contribution in [2.24, 2.45) is 23.2 Å². The van der Waals surface area contributed by atoms with Gasteiger partial charge in [0.1, 0.15) is 11.6 Å². The maximum Gasteiger partial charge on any atom is 0.263 e. The predicted molar refractivity (Wildman–Crippen MR) is 111 cm³/mol. The third-order valence-corrected chi connectivity index (χ3v) is 9.80. The molecule has 0 radical (unpaired) electrons. The molecule has 5 rings (SSSR count). The van der Waals surface area contributed by atoms with Gasteiger partial charge in [-0.15, -0.1) is 0 Å². The van der Waals surface area contributed by atoms with Crippen molar-refractivity contribution in [1.82, 2.24) is 10.2 Å². The fourth-order valence-electron chi connectivity index (χ4n) is 6.93. The minimum Gasteiger partial charge on any atom is -0.372 e. The smallest absolute Gasteiger partial charge is 0.263 e. The van der Waals surface area contributed by atoms with Crippen molar-refractivity contribution in [1.29, 1.82) is 5.26 Å². The van der Waals surface area contributed by atoms with E-state index in [9.17, 15) is 18.5 Å². The van der Waals surface area contributed by atoms with Crippen molar-refractivity contribution in [2.45, 2.75) is 70.9 Å². The van der Waals surface area contributed by atoms with Gasteiger partial charge in [-0.3, -0.25) is 4.79 Å². The van der Waals surface area contributed by atoms with Crippen molar-refractivity contribution in [2.75, 3.05) is 18.1 Å². The molecule has 4 saturated carbocycles. The minimum atomic E-state index is -3.01. The van der Waals surface area contributed by atoms with Crippen LogP contribution in [0.3, 0.4) is 0 Å². The fraction of sp³-hybridized carbons (Fsp3) is 0.818. The molecule has 160 valence electrons. The van der Waals surface area contributed by atoms with Crippen LogP contribution in [0.4, 0.5) is 0 Å². The lowest BCUT2D eigenvalue weighted by atomic mass is 9.48. The van der Waals surface area contributed by atoms with Gasteiger partial charge in [0.05, 0.1) is 11.5 Å². The highest BCUT2D eigenvalue weighted by Gasteiger charge is 2.53. The Hall–Kier alpha value is -1.55. The third kappa shape index (κ3) is 4.05. The Morgan fingerprint density at radius 3 is 2.28 bits per heavy atom. The van der Waals surface area contributed by atoms with Crippen LogP contribution >= 0.6 is 0 Å². The van der Waals surface area contributed by atoms with Gasteiger partial charge >= 0.3 is 0 Å². The van der Waals surface area contributed by atoms with Crippen LogP contribution in [0.2, 0.25) is 0 Å². The molecule has 0 aromatic heterocycles. The Bertz CT molecular complexity index is 807. The summed E-state index contributed by atoms with van der Waals surface area (Å²) < 4.78 is 23.6. The largest absolute Gasteiger partial charge is 0.372 e. The SMILES string of the molecule is CCN(/C=C(/C#N)C(=O)NC(C)C12CC3CC(CC(C3)C1)C2)C1CCS(=O)(=O)C1. The van der Waals surface area contributed by atoms with Crippen molar-refractivity contribution in [3.8, 4) is 6.07 Å². The van der Waals surface area contributed by atoms with Crippen molar-refractivity contribution < 1.29 is 13.2 Å². The maximum absolute atomic E-state index is 12.9. The van der Waals surface area contributed by atoms with Crippen LogP contribution in [0.15, 0.2) is 11.8 Å². The second-order valence-electron chi connectivity index (χ2n) is 10.0. The first kappa shape index (κ1) is 20.7. The molecular weight excluding hydrogens is 386 g/mol. The average molecular weight is 420 g/mol. The lowest BCUT2D eigenvalue weighted by Gasteiger charge is -2.59. The molecule has 4 aliphatic carbocycles. The van der Waals surface area contributed by atoms with Crippen LogP contribution in [-0.4, -0.2) is 49.4 Å². The van der Waals surface area contributed by atoms with Gasteiger partial charge < -0.3 is 10.2 Å². The highest BCUT2D eigenvalue weighted by atomic mass is 32.2. The molecule has 6 nitrogen and oxygen atoms in total. The molecule has 1 aliphatic heterocycles. The van der Waals surface area contributed by atoms with Gasteiger partial charge in [0, 0.05) is 24.8 Å². The van der Waals surface area contributed by atoms with E-state index in [1.54, 1.807) is 6.20 Å². The normalized spacial score (nSPS) is 38.4. The number of nitriles is 1. The Morgan fingerprint density at radius 1 is 1.24 bits per heavy atom. The molecule has 5 aliphatic rings. The molecule has 4 bridgehead atoms. The van der Waals surface area contributed by atoms with E-state index < -0.39 is 9.84 Å². The number of carbonyl (C=O) groups is 1. The lowest BCUT2D eigenvalue weighted by molar-refractivity contribution is -0.122. The fourth-order valence-corrected chi connectivity index (χ4v) is 8.67. The first-order valence-electron chi connectivity index (χ1n) is 11.1. The van der Waals surface area contributed by atoms with Crippen molar-refractivity contribution >= 4 is 15.7 Å². The zero-order chi connectivity index (χ0) is 20.8. The van der Waals surface area contributed by atoms with Gasteiger partial charge in [-0.2, -0.15) is 5.26 Å². The van der Waals surface area contributed by atoms with Crippen LogP contribution in [0, 0.1) is 34.5 Å². The summed E-state index contributed by atoms with van der Waals surface area (Å²) in [6, 6.07) is 1.95. The maximum atomic E-state index is 12.9. The molecule has 0 aromatic rings. The zero-order valence-electron chi connectivity index (χ0n) is 17.6. The van der Waals surface area contributed by atoms with E-state index in [2.05, 4.69) is 12.2 Å². The highest BCUT2D eigenvalue weighted by molar-refractivity contribution is 7.91. The number of amides is 1. The van der Waals surface area contributed by atoms with E-state index >= 15 is 0 Å². The van der Waals surface area contributed by atoms with E-state index in [1.807, 2.05) is 17.9 Å². The van der Waals surface area contributed by atoms with Crippen LogP contribution in [0.1, 0.15) is 58.8 Å². The summed E-state index contributed by atoms with van der Waals surface area (Å²) in [6.07, 6.45) is 9.81. The first-order valence-corrected chi connectivity index (χ1v) is 12.9. The summed E-state index contributed by atoms with van der Waals surface area (Å²) in [7, 11) is -3.01. The van der Waals surface area contributed by atoms with Crippen LogP contribution < -0.4 is 5.32 Å². The standard InChI is InChI=1S/C22H33N3O3S/c1-3-25(20-4-5-29(27,28)14-20)13-19(12-23)21(26)24-15(2)22-9-16-6-17(10-22)8-18(7-16)11-22/h13,15-18,20H,3-11,14H2,1-2H3,(H,24,26)/b19-13-. The Kier molecular flexibility index (Phi) is 5.43. The van der Waals surface area contributed by atoms with Gasteiger partial charge in [-0.1, -0.05) is 0 Å². The first-order chi connectivity index (χ1) is 13.7. The van der Waals surface area contributed by atoms with Crippen LogP contribution in [0.25, 0.3) is 0 Å². The summed E-state index contributed by atoms with van der Waals surface area (Å²) in [5, 5.41) is 12.8. The molecule has 0 spiro atoms. The van der Waals surface area contributed by atoms with E-state index in [0.717, 1.165) is 17.8 Å².